The lowest BCUT2D eigenvalue weighted by atomic mass is 10.1. The highest BCUT2D eigenvalue weighted by molar-refractivity contribution is 6.30. The summed E-state index contributed by atoms with van der Waals surface area (Å²) < 4.78 is 5.88. The van der Waals surface area contributed by atoms with Crippen molar-refractivity contribution in [1.82, 2.24) is 5.43 Å². The molecule has 118 valence electrons. The average Bonchev–Trinajstić information content (AvgIpc) is 2.50. The molecule has 0 aliphatic carbocycles. The maximum atomic E-state index is 6.09. The van der Waals surface area contributed by atoms with Crippen molar-refractivity contribution >= 4 is 17.3 Å². The molecule has 0 saturated carbocycles. The van der Waals surface area contributed by atoms with E-state index in [0.29, 0.717) is 17.5 Å². The lowest BCUT2D eigenvalue weighted by Crippen LogP contribution is -2.21. The van der Waals surface area contributed by atoms with E-state index in [0.717, 1.165) is 30.0 Å². The minimum absolute atomic E-state index is 0.631. The number of hydrogen-bond acceptors (Lipinski definition) is 3. The van der Waals surface area contributed by atoms with Gasteiger partial charge in [-0.2, -0.15) is 0 Å². The summed E-state index contributed by atoms with van der Waals surface area (Å²) in [5, 5.41) is 0.715. The van der Waals surface area contributed by atoms with Crippen molar-refractivity contribution in [1.29, 1.82) is 0 Å². The van der Waals surface area contributed by atoms with E-state index < -0.39 is 0 Å². The fraction of sp³-hybridized carbons (Fsp3) is 0.333. The van der Waals surface area contributed by atoms with Gasteiger partial charge in [0.2, 0.25) is 0 Å². The molecule has 0 aliphatic heterocycles. The van der Waals surface area contributed by atoms with Crippen LogP contribution in [0.15, 0.2) is 48.5 Å². The van der Waals surface area contributed by atoms with Gasteiger partial charge in [0.15, 0.2) is 0 Å². The Morgan fingerprint density at radius 3 is 2.59 bits per heavy atom. The minimum atomic E-state index is 0.631. The number of ether oxygens (including phenoxy) is 1. The lowest BCUT2D eigenvalue weighted by molar-refractivity contribution is 0.286. The molecule has 0 amide bonds. The van der Waals surface area contributed by atoms with Crippen LogP contribution in [0.2, 0.25) is 5.02 Å². The Labute approximate surface area is 137 Å². The molecule has 0 bridgehead atoms. The molecule has 3 nitrogen and oxygen atoms in total. The van der Waals surface area contributed by atoms with Crippen molar-refractivity contribution < 1.29 is 4.74 Å². The number of rotatable bonds is 8. The first-order valence-corrected chi connectivity index (χ1v) is 7.98. The van der Waals surface area contributed by atoms with Gasteiger partial charge in [-0.1, -0.05) is 43.6 Å². The summed E-state index contributed by atoms with van der Waals surface area (Å²) in [5.41, 5.74) is 8.42. The second kappa shape index (κ2) is 8.66. The summed E-state index contributed by atoms with van der Waals surface area (Å²) in [4.78, 5) is 0. The van der Waals surface area contributed by atoms with E-state index >= 15 is 0 Å². The molecule has 0 radical (unpaired) electrons. The molecule has 0 aromatic heterocycles. The zero-order valence-corrected chi connectivity index (χ0v) is 13.9. The van der Waals surface area contributed by atoms with Crippen LogP contribution in [-0.2, 0) is 6.54 Å². The number of nitrogens with one attached hydrogen (secondary N) is 2. The predicted molar refractivity (Wildman–Crippen MR) is 93.3 cm³/mol. The van der Waals surface area contributed by atoms with Crippen LogP contribution in [0.25, 0.3) is 0 Å². The van der Waals surface area contributed by atoms with Crippen molar-refractivity contribution in [3.05, 3.63) is 59.1 Å². The maximum absolute atomic E-state index is 6.09. The van der Waals surface area contributed by atoms with E-state index in [-0.39, 0.29) is 0 Å². The topological polar surface area (TPSA) is 33.3 Å². The highest BCUT2D eigenvalue weighted by atomic mass is 35.5. The van der Waals surface area contributed by atoms with Gasteiger partial charge in [-0.25, -0.2) is 5.43 Å². The molecule has 2 rings (SSSR count). The van der Waals surface area contributed by atoms with Gasteiger partial charge in [-0.3, -0.25) is 0 Å². The first kappa shape index (κ1) is 16.7. The van der Waals surface area contributed by atoms with Crippen molar-refractivity contribution in [2.45, 2.75) is 26.8 Å². The number of anilines is 1. The van der Waals surface area contributed by atoms with Crippen LogP contribution >= 0.6 is 11.6 Å². The summed E-state index contributed by atoms with van der Waals surface area (Å²) in [6.07, 6.45) is 1.04. The van der Waals surface area contributed by atoms with E-state index in [1.807, 2.05) is 48.5 Å². The van der Waals surface area contributed by atoms with Crippen LogP contribution < -0.4 is 15.6 Å². The number of hydrogen-bond donors (Lipinski definition) is 2. The molecule has 0 aliphatic rings. The molecule has 0 spiro atoms. The molecule has 4 heteroatoms. The summed E-state index contributed by atoms with van der Waals surface area (Å²) in [5.74, 6) is 1.51. The third kappa shape index (κ3) is 5.58. The van der Waals surface area contributed by atoms with Crippen molar-refractivity contribution in [3.63, 3.8) is 0 Å². The molecular weight excluding hydrogens is 296 g/mol. The Hall–Kier alpha value is -1.71. The summed E-state index contributed by atoms with van der Waals surface area (Å²) >= 11 is 6.09. The van der Waals surface area contributed by atoms with Gasteiger partial charge in [0.1, 0.15) is 5.75 Å². The van der Waals surface area contributed by atoms with Crippen LogP contribution in [0.4, 0.5) is 5.69 Å². The Morgan fingerprint density at radius 1 is 1.09 bits per heavy atom. The van der Waals surface area contributed by atoms with Crippen LogP contribution in [0, 0.1) is 5.92 Å². The first-order valence-electron chi connectivity index (χ1n) is 7.60. The van der Waals surface area contributed by atoms with Crippen LogP contribution in [0.1, 0.15) is 25.8 Å². The van der Waals surface area contributed by atoms with Gasteiger partial charge < -0.3 is 10.2 Å². The highest BCUT2D eigenvalue weighted by Gasteiger charge is 2.05. The van der Waals surface area contributed by atoms with E-state index in [4.69, 9.17) is 16.3 Å². The minimum Gasteiger partial charge on any atom is -0.493 e. The number of benzene rings is 2. The number of para-hydroxylation sites is 1. The van der Waals surface area contributed by atoms with E-state index in [2.05, 4.69) is 24.7 Å². The average molecular weight is 319 g/mol. The van der Waals surface area contributed by atoms with E-state index in [1.165, 1.54) is 0 Å². The van der Waals surface area contributed by atoms with E-state index in [9.17, 15) is 0 Å². The normalized spacial score (nSPS) is 10.7. The largest absolute Gasteiger partial charge is 0.493 e. The zero-order chi connectivity index (χ0) is 15.8. The Balaban J connectivity index is 1.92. The predicted octanol–water partition coefficient (Wildman–Crippen LogP) is 4.88. The second-order valence-corrected chi connectivity index (χ2v) is 6.06. The number of hydrazine groups is 1. The molecule has 2 aromatic carbocycles. The third-order valence-corrected chi connectivity index (χ3v) is 3.50. The Morgan fingerprint density at radius 2 is 1.86 bits per heavy atom. The summed E-state index contributed by atoms with van der Waals surface area (Å²) in [6.45, 7) is 5.74. The Kier molecular flexibility index (Phi) is 6.56. The maximum Gasteiger partial charge on any atom is 0.123 e. The quantitative estimate of drug-likeness (QED) is 0.680. The smallest absolute Gasteiger partial charge is 0.123 e. The van der Waals surface area contributed by atoms with Crippen LogP contribution in [0.5, 0.6) is 5.75 Å². The van der Waals surface area contributed by atoms with Crippen molar-refractivity contribution in [2.24, 2.45) is 5.92 Å². The van der Waals surface area contributed by atoms with Crippen LogP contribution in [-0.4, -0.2) is 6.61 Å². The van der Waals surface area contributed by atoms with Crippen LogP contribution in [0.3, 0.4) is 0 Å². The SMILES string of the molecule is CC(C)CCOc1ccc(Cl)cc1CNNc1ccccc1. The van der Waals surface area contributed by atoms with Crippen molar-refractivity contribution in [3.8, 4) is 5.75 Å². The fourth-order valence-electron chi connectivity index (χ4n) is 1.99. The monoisotopic (exact) mass is 318 g/mol. The van der Waals surface area contributed by atoms with Gasteiger partial charge >= 0.3 is 0 Å². The summed E-state index contributed by atoms with van der Waals surface area (Å²) in [6, 6.07) is 15.7. The molecule has 22 heavy (non-hydrogen) atoms. The Bertz CT molecular complexity index is 573. The van der Waals surface area contributed by atoms with Crippen molar-refractivity contribution in [2.75, 3.05) is 12.0 Å². The standard InChI is InChI=1S/C18H23ClN2O/c1-14(2)10-11-22-18-9-8-16(19)12-15(18)13-20-21-17-6-4-3-5-7-17/h3-9,12,14,20-21H,10-11,13H2,1-2H3. The summed E-state index contributed by atoms with van der Waals surface area (Å²) in [7, 11) is 0. The third-order valence-electron chi connectivity index (χ3n) is 3.26. The number of halogens is 1. The fourth-order valence-corrected chi connectivity index (χ4v) is 2.19. The van der Waals surface area contributed by atoms with Gasteiger partial charge in [-0.15, -0.1) is 0 Å². The molecule has 0 atom stereocenters. The molecule has 0 saturated heterocycles. The van der Waals surface area contributed by atoms with Gasteiger partial charge in [0.25, 0.3) is 0 Å². The first-order chi connectivity index (χ1) is 10.6. The molecule has 2 N–H and O–H groups in total. The zero-order valence-electron chi connectivity index (χ0n) is 13.1. The molecule has 0 unspecified atom stereocenters. The molecule has 2 aromatic rings. The lowest BCUT2D eigenvalue weighted by Gasteiger charge is -2.14. The second-order valence-electron chi connectivity index (χ2n) is 5.63. The van der Waals surface area contributed by atoms with E-state index in [1.54, 1.807) is 0 Å². The van der Waals surface area contributed by atoms with Gasteiger partial charge in [0.05, 0.1) is 6.61 Å². The molecule has 0 heterocycles. The highest BCUT2D eigenvalue weighted by Crippen LogP contribution is 2.23. The molecule has 0 fully saturated rings. The van der Waals surface area contributed by atoms with Gasteiger partial charge in [0, 0.05) is 22.8 Å². The molecular formula is C18H23ClN2O. The van der Waals surface area contributed by atoms with Gasteiger partial charge in [-0.05, 0) is 42.7 Å².